The van der Waals surface area contributed by atoms with E-state index in [1.807, 2.05) is 34.3 Å². The summed E-state index contributed by atoms with van der Waals surface area (Å²) in [5, 5.41) is 2.79. The first-order valence-corrected chi connectivity index (χ1v) is 8.88. The predicted molar refractivity (Wildman–Crippen MR) is 104 cm³/mol. The summed E-state index contributed by atoms with van der Waals surface area (Å²) in [6, 6.07) is 5.59. The van der Waals surface area contributed by atoms with Crippen LogP contribution in [-0.2, 0) is 0 Å². The Balaban J connectivity index is 1.78. The van der Waals surface area contributed by atoms with E-state index in [4.69, 9.17) is 19.9 Å². The molecule has 3 aromatic heterocycles. The number of benzene rings is 1. The number of methoxy groups -OCH3 is 3. The molecule has 8 nitrogen and oxygen atoms in total. The number of anilines is 1. The summed E-state index contributed by atoms with van der Waals surface area (Å²) in [6.45, 7) is 0. The minimum absolute atomic E-state index is 0.443. The number of imidazole rings is 1. The van der Waals surface area contributed by atoms with E-state index in [0.29, 0.717) is 34.6 Å². The third-order valence-electron chi connectivity index (χ3n) is 4.11. The largest absolute Gasteiger partial charge is 0.493 e. The Labute approximate surface area is 159 Å². The van der Waals surface area contributed by atoms with E-state index < -0.39 is 0 Å². The summed E-state index contributed by atoms with van der Waals surface area (Å²) < 4.78 is 18.0. The van der Waals surface area contributed by atoms with Crippen molar-refractivity contribution in [2.24, 2.45) is 0 Å². The lowest BCUT2D eigenvalue weighted by atomic mass is 10.2. The van der Waals surface area contributed by atoms with Crippen molar-refractivity contribution < 1.29 is 14.2 Å². The minimum atomic E-state index is 0.443. The molecule has 27 heavy (non-hydrogen) atoms. The highest BCUT2D eigenvalue weighted by molar-refractivity contribution is 7.16. The second-order valence-corrected chi connectivity index (χ2v) is 6.52. The van der Waals surface area contributed by atoms with Crippen molar-refractivity contribution in [3.8, 4) is 34.5 Å². The van der Waals surface area contributed by atoms with Crippen molar-refractivity contribution in [1.29, 1.82) is 0 Å². The molecular weight excluding hydrogens is 366 g/mol. The number of nitrogens with zero attached hydrogens (tertiary/aromatic N) is 4. The van der Waals surface area contributed by atoms with Crippen molar-refractivity contribution in [1.82, 2.24) is 19.5 Å². The van der Waals surface area contributed by atoms with Crippen molar-refractivity contribution in [2.75, 3.05) is 27.1 Å². The van der Waals surface area contributed by atoms with Crippen molar-refractivity contribution in [2.45, 2.75) is 0 Å². The number of thiophene rings is 1. The van der Waals surface area contributed by atoms with Crippen LogP contribution in [0.5, 0.6) is 17.2 Å². The number of aromatic nitrogens is 4. The standard InChI is InChI=1S/C18H17N5O3S/c1-24-13-6-10(7-14(25-2)15(13)26-3)23-8-12(20-9-23)17-21-16(19)11-4-5-27-18(11)22-17/h4-9H,1-3H3,(H2,19,21,22). The zero-order valence-electron chi connectivity index (χ0n) is 15.0. The van der Waals surface area contributed by atoms with Gasteiger partial charge in [-0.05, 0) is 11.4 Å². The molecule has 0 amide bonds. The molecule has 3 heterocycles. The van der Waals surface area contributed by atoms with E-state index in [0.717, 1.165) is 15.9 Å². The van der Waals surface area contributed by atoms with Crippen LogP contribution in [0.1, 0.15) is 0 Å². The monoisotopic (exact) mass is 383 g/mol. The Bertz CT molecular complexity index is 1100. The molecule has 138 valence electrons. The third-order valence-corrected chi connectivity index (χ3v) is 4.92. The molecule has 4 rings (SSSR count). The molecule has 2 N–H and O–H groups in total. The van der Waals surface area contributed by atoms with Gasteiger partial charge in [0, 0.05) is 18.3 Å². The Morgan fingerprint density at radius 2 is 1.78 bits per heavy atom. The highest BCUT2D eigenvalue weighted by Gasteiger charge is 2.16. The summed E-state index contributed by atoms with van der Waals surface area (Å²) in [4.78, 5) is 14.2. The van der Waals surface area contributed by atoms with Crippen LogP contribution >= 0.6 is 11.3 Å². The molecule has 0 unspecified atom stereocenters. The fourth-order valence-corrected chi connectivity index (χ4v) is 3.56. The average molecular weight is 383 g/mol. The summed E-state index contributed by atoms with van der Waals surface area (Å²) >= 11 is 1.51. The molecule has 0 aliphatic rings. The first-order valence-electron chi connectivity index (χ1n) is 8.00. The lowest BCUT2D eigenvalue weighted by Gasteiger charge is -2.14. The smallest absolute Gasteiger partial charge is 0.203 e. The second kappa shape index (κ2) is 6.76. The minimum Gasteiger partial charge on any atom is -0.493 e. The highest BCUT2D eigenvalue weighted by atomic mass is 32.1. The molecular formula is C18H17N5O3S. The number of nitrogen functional groups attached to an aromatic ring is 1. The number of nitrogens with two attached hydrogens (primary N) is 1. The molecule has 0 saturated carbocycles. The van der Waals surface area contributed by atoms with Crippen molar-refractivity contribution >= 4 is 27.4 Å². The van der Waals surface area contributed by atoms with Crippen LogP contribution in [0.4, 0.5) is 5.82 Å². The summed E-state index contributed by atoms with van der Waals surface area (Å²) in [6.07, 6.45) is 3.50. The molecule has 0 radical (unpaired) electrons. The van der Waals surface area contributed by atoms with Gasteiger partial charge in [-0.1, -0.05) is 0 Å². The summed E-state index contributed by atoms with van der Waals surface area (Å²) in [5.74, 6) is 2.57. The molecule has 1 aromatic carbocycles. The van der Waals surface area contributed by atoms with Crippen LogP contribution in [0.15, 0.2) is 36.1 Å². The highest BCUT2D eigenvalue weighted by Crippen LogP contribution is 2.39. The molecule has 4 aromatic rings. The zero-order chi connectivity index (χ0) is 19.0. The molecule has 0 fully saturated rings. The van der Waals surface area contributed by atoms with Gasteiger partial charge in [0.1, 0.15) is 22.7 Å². The fourth-order valence-electron chi connectivity index (χ4n) is 2.79. The Hall–Kier alpha value is -3.33. The number of fused-ring (bicyclic) bond motifs is 1. The summed E-state index contributed by atoms with van der Waals surface area (Å²) in [5.41, 5.74) is 7.45. The number of ether oxygens (including phenoxy) is 3. The average Bonchev–Trinajstić information content (AvgIpc) is 3.36. The van der Waals surface area contributed by atoms with Crippen LogP contribution in [0.3, 0.4) is 0 Å². The first-order chi connectivity index (χ1) is 13.1. The predicted octanol–water partition coefficient (Wildman–Crippen LogP) is 3.15. The molecule has 0 saturated heterocycles. The van der Waals surface area contributed by atoms with E-state index in [-0.39, 0.29) is 0 Å². The molecule has 9 heteroatoms. The van der Waals surface area contributed by atoms with E-state index in [9.17, 15) is 0 Å². The summed E-state index contributed by atoms with van der Waals surface area (Å²) in [7, 11) is 4.72. The lowest BCUT2D eigenvalue weighted by molar-refractivity contribution is 0.324. The number of hydrogen-bond acceptors (Lipinski definition) is 8. The van der Waals surface area contributed by atoms with Gasteiger partial charge in [0.25, 0.3) is 0 Å². The molecule has 0 atom stereocenters. The van der Waals surface area contributed by atoms with Gasteiger partial charge in [0.2, 0.25) is 5.75 Å². The van der Waals surface area contributed by atoms with Gasteiger partial charge >= 0.3 is 0 Å². The lowest BCUT2D eigenvalue weighted by Crippen LogP contribution is -1.98. The first kappa shape index (κ1) is 17.1. The quantitative estimate of drug-likeness (QED) is 0.565. The van der Waals surface area contributed by atoms with Gasteiger partial charge in [0.15, 0.2) is 17.3 Å². The Kier molecular flexibility index (Phi) is 4.28. The molecule has 0 spiro atoms. The fraction of sp³-hybridized carbons (Fsp3) is 0.167. The van der Waals surface area contributed by atoms with Crippen LogP contribution in [-0.4, -0.2) is 40.8 Å². The van der Waals surface area contributed by atoms with Gasteiger partial charge in [-0.2, -0.15) is 0 Å². The van der Waals surface area contributed by atoms with Gasteiger partial charge in [-0.15, -0.1) is 11.3 Å². The number of rotatable bonds is 5. The van der Waals surface area contributed by atoms with Crippen molar-refractivity contribution in [3.05, 3.63) is 36.1 Å². The van der Waals surface area contributed by atoms with Gasteiger partial charge in [-0.3, -0.25) is 0 Å². The van der Waals surface area contributed by atoms with E-state index in [1.165, 1.54) is 11.3 Å². The van der Waals surface area contributed by atoms with Gasteiger partial charge < -0.3 is 24.5 Å². The van der Waals surface area contributed by atoms with Crippen LogP contribution in [0.2, 0.25) is 0 Å². The van der Waals surface area contributed by atoms with E-state index >= 15 is 0 Å². The number of hydrogen-bond donors (Lipinski definition) is 1. The maximum atomic E-state index is 6.04. The Morgan fingerprint density at radius 3 is 2.44 bits per heavy atom. The van der Waals surface area contributed by atoms with E-state index in [1.54, 1.807) is 27.7 Å². The zero-order valence-corrected chi connectivity index (χ0v) is 15.8. The Morgan fingerprint density at radius 1 is 1.04 bits per heavy atom. The SMILES string of the molecule is COc1cc(-n2cnc(-c3nc(N)c4ccsc4n3)c2)cc(OC)c1OC. The van der Waals surface area contributed by atoms with Crippen LogP contribution in [0, 0.1) is 0 Å². The maximum Gasteiger partial charge on any atom is 0.203 e. The van der Waals surface area contributed by atoms with Crippen molar-refractivity contribution in [3.63, 3.8) is 0 Å². The third kappa shape index (κ3) is 2.91. The molecule has 0 aliphatic heterocycles. The molecule has 0 bridgehead atoms. The second-order valence-electron chi connectivity index (χ2n) is 5.62. The normalized spacial score (nSPS) is 10.9. The van der Waals surface area contributed by atoms with Crippen LogP contribution in [0.25, 0.3) is 27.4 Å². The van der Waals surface area contributed by atoms with Gasteiger partial charge in [0.05, 0.1) is 32.4 Å². The van der Waals surface area contributed by atoms with E-state index in [2.05, 4.69) is 15.0 Å². The maximum absolute atomic E-state index is 6.04. The van der Waals surface area contributed by atoms with Gasteiger partial charge in [-0.25, -0.2) is 15.0 Å². The van der Waals surface area contributed by atoms with Crippen LogP contribution < -0.4 is 19.9 Å². The topological polar surface area (TPSA) is 97.3 Å². The molecule has 0 aliphatic carbocycles.